The lowest BCUT2D eigenvalue weighted by molar-refractivity contribution is -0.140. The molecule has 5 nitrogen and oxygen atoms in total. The Morgan fingerprint density at radius 1 is 0.677 bits per heavy atom. The molecule has 31 heavy (non-hydrogen) atoms. The average Bonchev–Trinajstić information content (AvgIpc) is 2.66. The van der Waals surface area contributed by atoms with Crippen molar-refractivity contribution >= 4 is 5.69 Å². The van der Waals surface area contributed by atoms with Crippen LogP contribution in [0.4, 0.5) is 40.8 Å². The lowest BCUT2D eigenvalue weighted by atomic mass is 10.2. The molecule has 164 valence electrons. The van der Waals surface area contributed by atoms with Crippen molar-refractivity contribution in [2.24, 2.45) is 0 Å². The van der Waals surface area contributed by atoms with Crippen LogP contribution in [0.5, 0.6) is 23.3 Å². The summed E-state index contributed by atoms with van der Waals surface area (Å²) in [7, 11) is 0. The fourth-order valence-corrected chi connectivity index (χ4v) is 2.32. The summed E-state index contributed by atoms with van der Waals surface area (Å²) in [6, 6.07) is 3.53. The van der Waals surface area contributed by atoms with Crippen LogP contribution in [0.15, 0.2) is 42.7 Å². The Morgan fingerprint density at radius 2 is 1.06 bits per heavy atom. The molecule has 0 aliphatic rings. The molecule has 2 aromatic carbocycles. The predicted molar refractivity (Wildman–Crippen MR) is 89.4 cm³/mol. The number of hydrogen-bond donors (Lipinski definition) is 1. The molecule has 0 bridgehead atoms. The van der Waals surface area contributed by atoms with Gasteiger partial charge in [0.1, 0.15) is 29.5 Å². The minimum Gasteiger partial charge on any atom is -0.437 e. The van der Waals surface area contributed by atoms with Crippen LogP contribution in [-0.4, -0.2) is 9.97 Å². The van der Waals surface area contributed by atoms with Gasteiger partial charge in [-0.2, -0.15) is 36.3 Å². The lowest BCUT2D eigenvalue weighted by Crippen LogP contribution is -2.09. The molecule has 0 unspecified atom stereocenters. The van der Waals surface area contributed by atoms with Crippen LogP contribution >= 0.6 is 0 Å². The number of hydrogen-bond acceptors (Lipinski definition) is 5. The Labute approximate surface area is 168 Å². The van der Waals surface area contributed by atoms with Gasteiger partial charge < -0.3 is 15.2 Å². The molecular formula is C18H9F8N3O2. The maximum Gasteiger partial charge on any atom is 0.419 e. The summed E-state index contributed by atoms with van der Waals surface area (Å²) in [6.45, 7) is 0. The van der Waals surface area contributed by atoms with Crippen LogP contribution in [0.1, 0.15) is 11.1 Å². The van der Waals surface area contributed by atoms with Crippen LogP contribution in [0.2, 0.25) is 0 Å². The zero-order valence-electron chi connectivity index (χ0n) is 14.9. The molecule has 0 saturated heterocycles. The zero-order chi connectivity index (χ0) is 23.0. The van der Waals surface area contributed by atoms with Gasteiger partial charge in [0.25, 0.3) is 0 Å². The molecule has 0 saturated carbocycles. The van der Waals surface area contributed by atoms with Crippen molar-refractivity contribution in [3.05, 3.63) is 65.5 Å². The van der Waals surface area contributed by atoms with Gasteiger partial charge in [-0.3, -0.25) is 0 Å². The van der Waals surface area contributed by atoms with Crippen molar-refractivity contribution in [2.45, 2.75) is 12.4 Å². The second kappa shape index (κ2) is 7.89. The van der Waals surface area contributed by atoms with Crippen LogP contribution < -0.4 is 15.2 Å². The summed E-state index contributed by atoms with van der Waals surface area (Å²) < 4.78 is 114. The molecule has 1 aromatic heterocycles. The Morgan fingerprint density at radius 3 is 1.42 bits per heavy atom. The summed E-state index contributed by atoms with van der Waals surface area (Å²) in [6.07, 6.45) is -9.18. The summed E-state index contributed by atoms with van der Waals surface area (Å²) in [5, 5.41) is 0. The van der Waals surface area contributed by atoms with Crippen molar-refractivity contribution in [3.8, 4) is 23.3 Å². The van der Waals surface area contributed by atoms with Gasteiger partial charge in [0.2, 0.25) is 11.8 Å². The minimum atomic E-state index is -4.99. The molecule has 3 rings (SSSR count). The average molecular weight is 451 g/mol. The van der Waals surface area contributed by atoms with E-state index in [1.165, 1.54) is 0 Å². The monoisotopic (exact) mass is 451 g/mol. The third-order valence-electron chi connectivity index (χ3n) is 3.73. The largest absolute Gasteiger partial charge is 0.437 e. The topological polar surface area (TPSA) is 70.3 Å². The Bertz CT molecular complexity index is 1030. The Balaban J connectivity index is 1.90. The third-order valence-corrected chi connectivity index (χ3v) is 3.73. The summed E-state index contributed by atoms with van der Waals surface area (Å²) in [5.41, 5.74) is 2.04. The van der Waals surface area contributed by atoms with E-state index >= 15 is 0 Å². The molecule has 0 radical (unpaired) electrons. The lowest BCUT2D eigenvalue weighted by Gasteiger charge is -2.14. The Kier molecular flexibility index (Phi) is 5.61. The van der Waals surface area contributed by atoms with Gasteiger partial charge in [0.05, 0.1) is 11.1 Å². The van der Waals surface area contributed by atoms with Gasteiger partial charge in [-0.05, 0) is 36.4 Å². The second-order valence-electron chi connectivity index (χ2n) is 5.88. The van der Waals surface area contributed by atoms with Crippen LogP contribution in [0, 0.1) is 11.6 Å². The molecule has 3 aromatic rings. The molecule has 13 heteroatoms. The zero-order valence-corrected chi connectivity index (χ0v) is 14.9. The maximum absolute atomic E-state index is 13.4. The third kappa shape index (κ3) is 4.92. The van der Waals surface area contributed by atoms with Crippen LogP contribution in [0.3, 0.4) is 0 Å². The second-order valence-corrected chi connectivity index (χ2v) is 5.88. The highest BCUT2D eigenvalue weighted by Crippen LogP contribution is 2.38. The van der Waals surface area contributed by atoms with Gasteiger partial charge in [0, 0.05) is 0 Å². The van der Waals surface area contributed by atoms with Crippen LogP contribution in [0.25, 0.3) is 0 Å². The van der Waals surface area contributed by atoms with Gasteiger partial charge in [0.15, 0.2) is 5.69 Å². The number of alkyl halides is 6. The van der Waals surface area contributed by atoms with Crippen molar-refractivity contribution in [2.75, 3.05) is 5.73 Å². The molecule has 0 aliphatic heterocycles. The number of aromatic nitrogens is 2. The van der Waals surface area contributed by atoms with Gasteiger partial charge in [-0.25, -0.2) is 8.78 Å². The number of nitrogens with two attached hydrogens (primary N) is 1. The van der Waals surface area contributed by atoms with E-state index in [0.29, 0.717) is 24.3 Å². The van der Waals surface area contributed by atoms with E-state index in [4.69, 9.17) is 15.2 Å². The van der Waals surface area contributed by atoms with Crippen molar-refractivity contribution in [3.63, 3.8) is 0 Å². The molecule has 0 fully saturated rings. The van der Waals surface area contributed by atoms with Gasteiger partial charge in [-0.15, -0.1) is 0 Å². The normalized spacial score (nSPS) is 12.0. The quantitative estimate of drug-likeness (QED) is 0.496. The summed E-state index contributed by atoms with van der Waals surface area (Å²) in [4.78, 5) is 7.22. The molecule has 0 amide bonds. The van der Waals surface area contributed by atoms with Crippen LogP contribution in [-0.2, 0) is 12.4 Å². The molecule has 0 spiro atoms. The molecule has 0 atom stereocenters. The Hall–Kier alpha value is -3.64. The smallest absolute Gasteiger partial charge is 0.419 e. The van der Waals surface area contributed by atoms with Crippen molar-refractivity contribution < 1.29 is 44.6 Å². The van der Waals surface area contributed by atoms with Gasteiger partial charge in [-0.1, -0.05) is 0 Å². The first-order valence-corrected chi connectivity index (χ1v) is 8.06. The number of anilines is 1. The first-order chi connectivity index (χ1) is 14.4. The first kappa shape index (κ1) is 22.1. The van der Waals surface area contributed by atoms with E-state index in [2.05, 4.69) is 9.97 Å². The van der Waals surface area contributed by atoms with E-state index in [1.54, 1.807) is 0 Å². The molecule has 1 heterocycles. The number of halogens is 8. The maximum atomic E-state index is 13.4. The fraction of sp³-hybridized carbons (Fsp3) is 0.111. The van der Waals surface area contributed by atoms with E-state index in [0.717, 1.165) is 18.5 Å². The van der Waals surface area contributed by atoms with Crippen molar-refractivity contribution in [1.29, 1.82) is 0 Å². The highest BCUT2D eigenvalue weighted by Gasteiger charge is 2.35. The van der Waals surface area contributed by atoms with Crippen molar-refractivity contribution in [1.82, 2.24) is 9.97 Å². The number of nitrogens with zero attached hydrogens (tertiary/aromatic N) is 2. The van der Waals surface area contributed by atoms with Gasteiger partial charge >= 0.3 is 12.4 Å². The standard InChI is InChI=1S/C18H9F8N3O2/c19-12-3-1-8(5-10(12)17(21,22)23)30-15-14(27)16(29-7-28-15)31-9-2-4-13(20)11(6-9)18(24,25)26/h1-7H,27H2. The number of benzene rings is 2. The predicted octanol–water partition coefficient (Wildman–Crippen LogP) is 5.96. The summed E-state index contributed by atoms with van der Waals surface area (Å²) >= 11 is 0. The van der Waals surface area contributed by atoms with E-state index in [1.807, 2.05) is 0 Å². The highest BCUT2D eigenvalue weighted by molar-refractivity contribution is 5.58. The fourth-order valence-electron chi connectivity index (χ4n) is 2.32. The number of ether oxygens (including phenoxy) is 2. The minimum absolute atomic E-state index is 0.368. The molecule has 0 aliphatic carbocycles. The molecular weight excluding hydrogens is 442 g/mol. The highest BCUT2D eigenvalue weighted by atomic mass is 19.4. The number of nitrogen functional groups attached to an aromatic ring is 1. The van der Waals surface area contributed by atoms with E-state index in [9.17, 15) is 35.1 Å². The SMILES string of the molecule is Nc1c(Oc2ccc(F)c(C(F)(F)F)c2)ncnc1Oc1ccc(F)c(C(F)(F)F)c1. The summed E-state index contributed by atoms with van der Waals surface area (Å²) in [5.74, 6) is -5.05. The molecule has 2 N–H and O–H groups in total. The van der Waals surface area contributed by atoms with E-state index < -0.39 is 64.1 Å². The van der Waals surface area contributed by atoms with E-state index in [-0.39, 0.29) is 0 Å². The first-order valence-electron chi connectivity index (χ1n) is 8.06. The number of rotatable bonds is 4.